The van der Waals surface area contributed by atoms with Crippen molar-refractivity contribution < 1.29 is 4.42 Å². The van der Waals surface area contributed by atoms with E-state index >= 15 is 0 Å². The number of furan rings is 1. The van der Waals surface area contributed by atoms with Crippen LogP contribution in [0.2, 0.25) is 0 Å². The van der Waals surface area contributed by atoms with Crippen LogP contribution in [-0.2, 0) is 6.54 Å². The van der Waals surface area contributed by atoms with Crippen LogP contribution in [0.25, 0.3) is 11.0 Å². The summed E-state index contributed by atoms with van der Waals surface area (Å²) in [5.41, 5.74) is 5.43. The van der Waals surface area contributed by atoms with E-state index in [4.69, 9.17) is 4.42 Å². The minimum absolute atomic E-state index is 0.369. The van der Waals surface area contributed by atoms with Gasteiger partial charge in [-0.1, -0.05) is 18.2 Å². The number of aromatic nitrogens is 2. The van der Waals surface area contributed by atoms with Crippen LogP contribution in [0.1, 0.15) is 36.8 Å². The molecule has 1 aromatic carbocycles. The van der Waals surface area contributed by atoms with Crippen molar-refractivity contribution in [3.63, 3.8) is 0 Å². The molecule has 4 heteroatoms. The zero-order valence-corrected chi connectivity index (χ0v) is 13.0. The standard InChI is InChI=1S/C17H21N3O/c1-11(2)20-13(4)17(12(3)19-20)18-9-14-10-21-16-8-6-5-7-15(14)16/h5-8,10-11,18H,9H2,1-4H3. The van der Waals surface area contributed by atoms with Gasteiger partial charge in [0.2, 0.25) is 0 Å². The summed E-state index contributed by atoms with van der Waals surface area (Å²) >= 11 is 0. The van der Waals surface area contributed by atoms with Gasteiger partial charge in [0.25, 0.3) is 0 Å². The molecule has 1 N–H and O–H groups in total. The van der Waals surface area contributed by atoms with Crippen LogP contribution in [0.5, 0.6) is 0 Å². The Labute approximate surface area is 124 Å². The lowest BCUT2D eigenvalue weighted by molar-refractivity contribution is 0.516. The third kappa shape index (κ3) is 2.42. The van der Waals surface area contributed by atoms with Crippen LogP contribution < -0.4 is 5.32 Å². The number of nitrogens with zero attached hydrogens (tertiary/aromatic N) is 2. The highest BCUT2D eigenvalue weighted by Crippen LogP contribution is 2.25. The number of anilines is 1. The maximum Gasteiger partial charge on any atom is 0.134 e. The van der Waals surface area contributed by atoms with Gasteiger partial charge in [0.1, 0.15) is 5.58 Å². The lowest BCUT2D eigenvalue weighted by Gasteiger charge is -2.09. The van der Waals surface area contributed by atoms with Gasteiger partial charge in [0.15, 0.2) is 0 Å². The van der Waals surface area contributed by atoms with Crippen molar-refractivity contribution in [2.45, 2.75) is 40.3 Å². The smallest absolute Gasteiger partial charge is 0.134 e. The Morgan fingerprint density at radius 1 is 1.24 bits per heavy atom. The zero-order chi connectivity index (χ0) is 15.0. The molecule has 0 radical (unpaired) electrons. The van der Waals surface area contributed by atoms with E-state index in [2.05, 4.69) is 41.9 Å². The molecule has 4 nitrogen and oxygen atoms in total. The third-order valence-corrected chi connectivity index (χ3v) is 3.83. The first-order valence-corrected chi connectivity index (χ1v) is 7.32. The summed E-state index contributed by atoms with van der Waals surface area (Å²) in [5.74, 6) is 0. The largest absolute Gasteiger partial charge is 0.464 e. The van der Waals surface area contributed by atoms with Crippen LogP contribution in [0.15, 0.2) is 34.9 Å². The molecule has 21 heavy (non-hydrogen) atoms. The summed E-state index contributed by atoms with van der Waals surface area (Å²) in [6, 6.07) is 8.48. The molecule has 110 valence electrons. The molecular weight excluding hydrogens is 262 g/mol. The van der Waals surface area contributed by atoms with Gasteiger partial charge in [0.05, 0.1) is 23.3 Å². The van der Waals surface area contributed by atoms with Crippen molar-refractivity contribution >= 4 is 16.7 Å². The number of rotatable bonds is 4. The van der Waals surface area contributed by atoms with E-state index in [0.29, 0.717) is 6.04 Å². The van der Waals surface area contributed by atoms with E-state index in [1.54, 1.807) is 0 Å². The van der Waals surface area contributed by atoms with Crippen molar-refractivity contribution in [3.05, 3.63) is 47.5 Å². The predicted molar refractivity (Wildman–Crippen MR) is 85.6 cm³/mol. The van der Waals surface area contributed by atoms with Crippen molar-refractivity contribution in [2.24, 2.45) is 0 Å². The molecule has 3 aromatic rings. The predicted octanol–water partition coefficient (Wildman–Crippen LogP) is 4.44. The topological polar surface area (TPSA) is 43.0 Å². The van der Waals surface area contributed by atoms with E-state index in [0.717, 1.165) is 28.9 Å². The van der Waals surface area contributed by atoms with Crippen LogP contribution in [-0.4, -0.2) is 9.78 Å². The molecule has 0 aliphatic rings. The highest BCUT2D eigenvalue weighted by atomic mass is 16.3. The Morgan fingerprint density at radius 2 is 2.00 bits per heavy atom. The lowest BCUT2D eigenvalue weighted by Crippen LogP contribution is -2.06. The molecule has 2 heterocycles. The number of nitrogens with one attached hydrogen (secondary N) is 1. The van der Waals surface area contributed by atoms with Crippen molar-refractivity contribution in [1.82, 2.24) is 9.78 Å². The lowest BCUT2D eigenvalue weighted by atomic mass is 10.1. The van der Waals surface area contributed by atoms with Crippen LogP contribution >= 0.6 is 0 Å². The van der Waals surface area contributed by atoms with E-state index in [1.165, 1.54) is 11.3 Å². The maximum absolute atomic E-state index is 5.58. The fourth-order valence-electron chi connectivity index (χ4n) is 2.77. The molecule has 0 saturated carbocycles. The monoisotopic (exact) mass is 283 g/mol. The van der Waals surface area contributed by atoms with Gasteiger partial charge in [-0.15, -0.1) is 0 Å². The number of benzene rings is 1. The van der Waals surface area contributed by atoms with Gasteiger partial charge in [-0.3, -0.25) is 4.68 Å². The summed E-state index contributed by atoms with van der Waals surface area (Å²) in [5, 5.41) is 9.27. The molecule has 0 unspecified atom stereocenters. The third-order valence-electron chi connectivity index (χ3n) is 3.83. The number of fused-ring (bicyclic) bond motifs is 1. The Hall–Kier alpha value is -2.23. The van der Waals surface area contributed by atoms with E-state index in [-0.39, 0.29) is 0 Å². The molecule has 0 amide bonds. The second-order valence-electron chi connectivity index (χ2n) is 5.69. The number of para-hydroxylation sites is 1. The van der Waals surface area contributed by atoms with E-state index in [9.17, 15) is 0 Å². The van der Waals surface area contributed by atoms with E-state index in [1.807, 2.05) is 31.4 Å². The minimum atomic E-state index is 0.369. The Morgan fingerprint density at radius 3 is 2.71 bits per heavy atom. The molecule has 0 aliphatic carbocycles. The van der Waals surface area contributed by atoms with Gasteiger partial charge >= 0.3 is 0 Å². The first-order chi connectivity index (χ1) is 10.1. The molecule has 0 saturated heterocycles. The minimum Gasteiger partial charge on any atom is -0.464 e. The van der Waals surface area contributed by atoms with Crippen molar-refractivity contribution in [3.8, 4) is 0 Å². The quantitative estimate of drug-likeness (QED) is 0.769. The van der Waals surface area contributed by atoms with Crippen molar-refractivity contribution in [1.29, 1.82) is 0 Å². The maximum atomic E-state index is 5.58. The summed E-state index contributed by atoms with van der Waals surface area (Å²) in [7, 11) is 0. The molecule has 0 bridgehead atoms. The fraction of sp³-hybridized carbons (Fsp3) is 0.353. The van der Waals surface area contributed by atoms with Gasteiger partial charge in [0, 0.05) is 23.5 Å². The van der Waals surface area contributed by atoms with Gasteiger partial charge < -0.3 is 9.73 Å². The van der Waals surface area contributed by atoms with Crippen LogP contribution in [0.3, 0.4) is 0 Å². The number of hydrogen-bond acceptors (Lipinski definition) is 3. The molecule has 0 spiro atoms. The first-order valence-electron chi connectivity index (χ1n) is 7.32. The normalized spacial score (nSPS) is 11.5. The Balaban J connectivity index is 1.85. The fourth-order valence-corrected chi connectivity index (χ4v) is 2.77. The summed E-state index contributed by atoms with van der Waals surface area (Å²) in [6.45, 7) is 9.18. The van der Waals surface area contributed by atoms with Gasteiger partial charge in [-0.2, -0.15) is 5.10 Å². The van der Waals surface area contributed by atoms with Crippen molar-refractivity contribution in [2.75, 3.05) is 5.32 Å². The summed E-state index contributed by atoms with van der Waals surface area (Å²) in [4.78, 5) is 0. The Kier molecular flexibility index (Phi) is 3.45. The highest BCUT2D eigenvalue weighted by Gasteiger charge is 2.14. The Bertz CT molecular complexity index is 768. The number of hydrogen-bond donors (Lipinski definition) is 1. The van der Waals surface area contributed by atoms with Crippen LogP contribution in [0, 0.1) is 13.8 Å². The number of aryl methyl sites for hydroxylation is 1. The second kappa shape index (κ2) is 5.28. The zero-order valence-electron chi connectivity index (χ0n) is 13.0. The van der Waals surface area contributed by atoms with E-state index < -0.39 is 0 Å². The molecule has 0 atom stereocenters. The average Bonchev–Trinajstić information content (AvgIpc) is 2.99. The average molecular weight is 283 g/mol. The molecule has 0 fully saturated rings. The molecule has 3 rings (SSSR count). The first kappa shape index (κ1) is 13.7. The highest BCUT2D eigenvalue weighted by molar-refractivity contribution is 5.81. The second-order valence-corrected chi connectivity index (χ2v) is 5.69. The summed E-state index contributed by atoms with van der Waals surface area (Å²) in [6.07, 6.45) is 1.83. The molecular formula is C17H21N3O. The molecule has 2 aromatic heterocycles. The van der Waals surface area contributed by atoms with Gasteiger partial charge in [-0.05, 0) is 33.8 Å². The van der Waals surface area contributed by atoms with Gasteiger partial charge in [-0.25, -0.2) is 0 Å². The molecule has 0 aliphatic heterocycles. The van der Waals surface area contributed by atoms with Crippen LogP contribution in [0.4, 0.5) is 5.69 Å². The SMILES string of the molecule is Cc1nn(C(C)C)c(C)c1NCc1coc2ccccc12. The summed E-state index contributed by atoms with van der Waals surface area (Å²) < 4.78 is 7.64.